The Hall–Kier alpha value is -2.43. The molecule has 2 heterocycles. The first-order valence-corrected chi connectivity index (χ1v) is 15.3. The zero-order valence-corrected chi connectivity index (χ0v) is 23.9. The molecule has 7 heteroatoms. The number of anilines is 1. The van der Waals surface area contributed by atoms with Crippen molar-refractivity contribution in [1.29, 1.82) is 5.26 Å². The molecule has 210 valence electrons. The number of aliphatic hydroxyl groups is 1. The van der Waals surface area contributed by atoms with E-state index in [-0.39, 0.29) is 0 Å². The van der Waals surface area contributed by atoms with Gasteiger partial charge in [-0.3, -0.25) is 0 Å². The van der Waals surface area contributed by atoms with Crippen LogP contribution in [-0.4, -0.2) is 44.7 Å². The fraction of sp³-hybridized carbons (Fsp3) is 0.719. The lowest BCUT2D eigenvalue weighted by Gasteiger charge is -2.57. The summed E-state index contributed by atoms with van der Waals surface area (Å²) in [5.41, 5.74) is 1.23. The molecule has 7 nitrogen and oxygen atoms in total. The number of ether oxygens (including phenoxy) is 1. The lowest BCUT2D eigenvalue weighted by atomic mass is 9.48. The summed E-state index contributed by atoms with van der Waals surface area (Å²) in [5.74, 6) is 5.38. The number of nitrogens with zero attached hydrogens (tertiary/aromatic N) is 4. The maximum Gasteiger partial charge on any atom is 0.162 e. The van der Waals surface area contributed by atoms with Crippen LogP contribution >= 0.6 is 0 Å². The zero-order valence-electron chi connectivity index (χ0n) is 23.9. The van der Waals surface area contributed by atoms with Gasteiger partial charge in [-0.2, -0.15) is 10.4 Å². The Labute approximate surface area is 233 Å². The molecule has 39 heavy (non-hydrogen) atoms. The molecule has 0 aliphatic heterocycles. The van der Waals surface area contributed by atoms with Crippen LogP contribution in [0, 0.1) is 52.3 Å². The average Bonchev–Trinajstić information content (AvgIpc) is 3.56. The Bertz CT molecular complexity index is 1190. The molecule has 1 unspecified atom stereocenters. The minimum atomic E-state index is -0.599. The van der Waals surface area contributed by atoms with Gasteiger partial charge in [0.05, 0.1) is 24.1 Å². The van der Waals surface area contributed by atoms with E-state index in [4.69, 9.17) is 10.00 Å². The highest BCUT2D eigenvalue weighted by Gasteiger charge is 2.58. The molecule has 0 saturated heterocycles. The van der Waals surface area contributed by atoms with Crippen LogP contribution in [0.3, 0.4) is 0 Å². The molecule has 0 bridgehead atoms. The molecule has 4 aliphatic carbocycles. The Morgan fingerprint density at radius 3 is 2.72 bits per heavy atom. The van der Waals surface area contributed by atoms with Crippen LogP contribution in [0.5, 0.6) is 0 Å². The van der Waals surface area contributed by atoms with E-state index in [1.54, 1.807) is 16.9 Å². The predicted octanol–water partition coefficient (Wildman–Crippen LogP) is 5.98. The highest BCUT2D eigenvalue weighted by molar-refractivity contribution is 5.44. The van der Waals surface area contributed by atoms with Crippen LogP contribution in [0.1, 0.15) is 84.3 Å². The fourth-order valence-electron chi connectivity index (χ4n) is 9.73. The number of rotatable bonds is 7. The van der Waals surface area contributed by atoms with Gasteiger partial charge in [0.25, 0.3) is 0 Å². The summed E-state index contributed by atoms with van der Waals surface area (Å²) in [6.45, 7) is 8.18. The molecule has 2 aromatic heterocycles. The number of hydrogen-bond acceptors (Lipinski definition) is 6. The molecule has 4 fully saturated rings. The van der Waals surface area contributed by atoms with Crippen LogP contribution in [0.2, 0.25) is 0 Å². The average molecular weight is 532 g/mol. The largest absolute Gasteiger partial charge is 0.387 e. The van der Waals surface area contributed by atoms with Crippen molar-refractivity contribution in [3.05, 3.63) is 36.3 Å². The Kier molecular flexibility index (Phi) is 7.22. The van der Waals surface area contributed by atoms with Gasteiger partial charge in [0, 0.05) is 18.8 Å². The van der Waals surface area contributed by atoms with Crippen molar-refractivity contribution >= 4 is 5.69 Å². The lowest BCUT2D eigenvalue weighted by molar-refractivity contribution is -0.128. The Morgan fingerprint density at radius 1 is 1.13 bits per heavy atom. The molecule has 4 saturated carbocycles. The summed E-state index contributed by atoms with van der Waals surface area (Å²) in [6, 6.07) is 8.20. The van der Waals surface area contributed by atoms with Crippen molar-refractivity contribution in [3.63, 3.8) is 0 Å². The van der Waals surface area contributed by atoms with Crippen molar-refractivity contribution in [2.75, 3.05) is 18.5 Å². The SMILES string of the molecule is CCOC[C@@]1(O)CC[C@H]2[C@H](CC[C@@H]3[C@@H]2CC[C@]2(C)C([C@@H](C)Nc4ccc(-n5ccc(C#N)n5)nc4)CC[C@@H]32)C1. The Morgan fingerprint density at radius 2 is 1.97 bits per heavy atom. The van der Waals surface area contributed by atoms with Gasteiger partial charge in [0.2, 0.25) is 0 Å². The van der Waals surface area contributed by atoms with Gasteiger partial charge in [0.1, 0.15) is 6.07 Å². The summed E-state index contributed by atoms with van der Waals surface area (Å²) < 4.78 is 7.31. The lowest BCUT2D eigenvalue weighted by Crippen LogP contribution is -2.52. The highest BCUT2D eigenvalue weighted by Crippen LogP contribution is 2.65. The maximum absolute atomic E-state index is 11.2. The first kappa shape index (κ1) is 26.8. The van der Waals surface area contributed by atoms with E-state index in [9.17, 15) is 5.11 Å². The molecule has 0 radical (unpaired) electrons. The van der Waals surface area contributed by atoms with E-state index in [0.717, 1.165) is 48.0 Å². The molecule has 2 aromatic rings. The van der Waals surface area contributed by atoms with Gasteiger partial charge in [-0.05, 0) is 131 Å². The van der Waals surface area contributed by atoms with Crippen molar-refractivity contribution in [2.45, 2.75) is 90.2 Å². The number of nitriles is 1. The summed E-state index contributed by atoms with van der Waals surface area (Å²) in [7, 11) is 0. The summed E-state index contributed by atoms with van der Waals surface area (Å²) in [5, 5.41) is 28.3. The van der Waals surface area contributed by atoms with Gasteiger partial charge in [-0.15, -0.1) is 0 Å². The van der Waals surface area contributed by atoms with E-state index in [1.165, 1.54) is 44.9 Å². The van der Waals surface area contributed by atoms with E-state index >= 15 is 0 Å². The monoisotopic (exact) mass is 531 g/mol. The number of aromatic nitrogens is 3. The summed E-state index contributed by atoms with van der Waals surface area (Å²) in [6.07, 6.45) is 14.7. The summed E-state index contributed by atoms with van der Waals surface area (Å²) >= 11 is 0. The van der Waals surface area contributed by atoms with E-state index in [0.29, 0.717) is 42.2 Å². The molecular weight excluding hydrogens is 486 g/mol. The molecule has 2 N–H and O–H groups in total. The number of pyridine rings is 1. The van der Waals surface area contributed by atoms with E-state index < -0.39 is 5.60 Å². The molecule has 0 spiro atoms. The molecule has 9 atom stereocenters. The van der Waals surface area contributed by atoms with Gasteiger partial charge < -0.3 is 15.2 Å². The first-order valence-electron chi connectivity index (χ1n) is 15.3. The van der Waals surface area contributed by atoms with Gasteiger partial charge >= 0.3 is 0 Å². The molecule has 4 aliphatic rings. The number of nitrogens with one attached hydrogen (secondary N) is 1. The van der Waals surface area contributed by atoms with Crippen LogP contribution < -0.4 is 5.32 Å². The first-order chi connectivity index (χ1) is 18.8. The van der Waals surface area contributed by atoms with Crippen LogP contribution in [0.25, 0.3) is 5.82 Å². The van der Waals surface area contributed by atoms with Gasteiger partial charge in [0.15, 0.2) is 11.5 Å². The fourth-order valence-corrected chi connectivity index (χ4v) is 9.73. The second kappa shape index (κ2) is 10.5. The topological polar surface area (TPSA) is 96.0 Å². The molecular formula is C32H45N5O2. The Balaban J connectivity index is 1.10. The molecule has 0 amide bonds. The maximum atomic E-state index is 11.2. The highest BCUT2D eigenvalue weighted by atomic mass is 16.5. The van der Waals surface area contributed by atoms with E-state index in [1.807, 2.05) is 19.2 Å². The third-order valence-electron chi connectivity index (χ3n) is 11.4. The number of hydrogen-bond donors (Lipinski definition) is 2. The van der Waals surface area contributed by atoms with Crippen molar-refractivity contribution in [3.8, 4) is 11.9 Å². The van der Waals surface area contributed by atoms with Crippen molar-refractivity contribution in [2.24, 2.45) is 40.9 Å². The van der Waals surface area contributed by atoms with Crippen LogP contribution in [0.4, 0.5) is 5.69 Å². The second-order valence-corrected chi connectivity index (χ2v) is 13.4. The minimum Gasteiger partial charge on any atom is -0.387 e. The van der Waals surface area contributed by atoms with Crippen molar-refractivity contribution < 1.29 is 9.84 Å². The second-order valence-electron chi connectivity index (χ2n) is 13.4. The normalized spacial score (nSPS) is 38.2. The number of fused-ring (bicyclic) bond motifs is 5. The predicted molar refractivity (Wildman–Crippen MR) is 151 cm³/mol. The standard InChI is InChI=1S/C32H45N5O2/c1-4-39-20-32(38)15-12-25-22(17-32)5-7-27-26(25)11-14-31(3)28(8-9-29(27)31)21(2)35-24-6-10-30(34-19-24)37-16-13-23(18-33)36-37/h6,10,13,16,19,21-22,25-29,35,38H,4-5,7-9,11-12,14-15,17,20H2,1-3H3/t21-,22-,25+,26-,27-,28?,29+,31-,32-/m1/s1. The van der Waals surface area contributed by atoms with Gasteiger partial charge in [-0.1, -0.05) is 6.92 Å². The molecule has 6 rings (SSSR count). The van der Waals surface area contributed by atoms with Gasteiger partial charge in [-0.25, -0.2) is 9.67 Å². The van der Waals surface area contributed by atoms with Crippen molar-refractivity contribution in [1.82, 2.24) is 14.8 Å². The minimum absolute atomic E-state index is 0.388. The third-order valence-corrected chi connectivity index (χ3v) is 11.4. The van der Waals surface area contributed by atoms with Crippen LogP contribution in [-0.2, 0) is 4.74 Å². The van der Waals surface area contributed by atoms with Crippen LogP contribution in [0.15, 0.2) is 30.6 Å². The molecule has 0 aromatic carbocycles. The van der Waals surface area contributed by atoms with E-state index in [2.05, 4.69) is 41.4 Å². The summed E-state index contributed by atoms with van der Waals surface area (Å²) in [4.78, 5) is 4.60. The third kappa shape index (κ3) is 4.89. The quantitative estimate of drug-likeness (QED) is 0.457. The smallest absolute Gasteiger partial charge is 0.162 e. The zero-order chi connectivity index (χ0) is 27.2.